The van der Waals surface area contributed by atoms with E-state index in [4.69, 9.17) is 9.73 Å². The molecule has 0 aliphatic heterocycles. The van der Waals surface area contributed by atoms with Gasteiger partial charge in [-0.3, -0.25) is 9.98 Å². The Labute approximate surface area is 206 Å². The van der Waals surface area contributed by atoms with Gasteiger partial charge >= 0.3 is 0 Å². The van der Waals surface area contributed by atoms with E-state index in [9.17, 15) is 5.26 Å². The van der Waals surface area contributed by atoms with E-state index in [1.807, 2.05) is 50.4 Å². The number of allylic oxidation sites excluding steroid dienone is 2. The summed E-state index contributed by atoms with van der Waals surface area (Å²) in [6.07, 6.45) is 7.66. The summed E-state index contributed by atoms with van der Waals surface area (Å²) in [6, 6.07) is 11.6. The van der Waals surface area contributed by atoms with E-state index in [2.05, 4.69) is 52.3 Å². The minimum atomic E-state index is 0.152. The molecular formula is C30H39N3O. The highest BCUT2D eigenvalue weighted by molar-refractivity contribution is 6.03. The molecule has 2 aromatic rings. The van der Waals surface area contributed by atoms with E-state index >= 15 is 0 Å². The molecule has 0 saturated heterocycles. The molecule has 1 aromatic heterocycles. The minimum absolute atomic E-state index is 0.152. The van der Waals surface area contributed by atoms with Crippen LogP contribution in [0.4, 0.5) is 0 Å². The van der Waals surface area contributed by atoms with Crippen LogP contribution in [0.1, 0.15) is 82.8 Å². The molecular weight excluding hydrogens is 418 g/mol. The van der Waals surface area contributed by atoms with E-state index in [0.717, 1.165) is 53.9 Å². The molecule has 0 bridgehead atoms. The van der Waals surface area contributed by atoms with Crippen LogP contribution < -0.4 is 4.74 Å². The predicted molar refractivity (Wildman–Crippen MR) is 143 cm³/mol. The quantitative estimate of drug-likeness (QED) is 0.251. The first-order valence-electron chi connectivity index (χ1n) is 12.2. The summed E-state index contributed by atoms with van der Waals surface area (Å²) in [5, 5.41) is 9.48. The maximum Gasteiger partial charge on any atom is 0.137 e. The maximum absolute atomic E-state index is 9.48. The Bertz CT molecular complexity index is 1080. The number of rotatable bonds is 11. The summed E-state index contributed by atoms with van der Waals surface area (Å²) >= 11 is 0. The van der Waals surface area contributed by atoms with Crippen LogP contribution in [0.5, 0.6) is 11.5 Å². The van der Waals surface area contributed by atoms with E-state index < -0.39 is 0 Å². The Morgan fingerprint density at radius 1 is 1.21 bits per heavy atom. The number of hydrogen-bond acceptors (Lipinski definition) is 4. The number of aliphatic imine (C=N–C) groups is 1. The molecule has 0 unspecified atom stereocenters. The smallest absolute Gasteiger partial charge is 0.137 e. The number of benzene rings is 1. The van der Waals surface area contributed by atoms with Crippen LogP contribution in [0.25, 0.3) is 0 Å². The average molecular weight is 458 g/mol. The summed E-state index contributed by atoms with van der Waals surface area (Å²) in [6.45, 7) is 19.1. The van der Waals surface area contributed by atoms with E-state index in [0.29, 0.717) is 23.0 Å². The number of unbranched alkanes of at least 4 members (excludes halogenated alkanes) is 1. The molecule has 4 heteroatoms. The number of ether oxygens (including phenoxy) is 1. The zero-order valence-electron chi connectivity index (χ0n) is 21.9. The normalized spacial score (nSPS) is 12.6. The third-order valence-electron chi connectivity index (χ3n) is 6.34. The second kappa shape index (κ2) is 12.3. The fourth-order valence-corrected chi connectivity index (χ4v) is 3.57. The monoisotopic (exact) mass is 457 g/mol. The molecule has 1 aromatic carbocycles. The van der Waals surface area contributed by atoms with Crippen molar-refractivity contribution in [3.8, 4) is 17.6 Å². The largest absolute Gasteiger partial charge is 0.456 e. The molecule has 180 valence electrons. The first kappa shape index (κ1) is 27.1. The van der Waals surface area contributed by atoms with E-state index in [1.165, 1.54) is 0 Å². The van der Waals surface area contributed by atoms with Crippen LogP contribution in [0.3, 0.4) is 0 Å². The molecule has 0 fully saturated rings. The molecule has 0 atom stereocenters. The Balaban J connectivity index is 2.54. The Kier molecular flexibility index (Phi) is 9.81. The highest BCUT2D eigenvalue weighted by Crippen LogP contribution is 2.34. The van der Waals surface area contributed by atoms with Crippen LogP contribution in [-0.4, -0.2) is 10.7 Å². The van der Waals surface area contributed by atoms with Crippen LogP contribution in [0.2, 0.25) is 0 Å². The van der Waals surface area contributed by atoms with Crippen molar-refractivity contribution in [1.82, 2.24) is 4.98 Å². The lowest BCUT2D eigenvalue weighted by molar-refractivity contribution is 0.249. The first-order chi connectivity index (χ1) is 16.1. The molecule has 0 amide bonds. The van der Waals surface area contributed by atoms with Gasteiger partial charge in [-0.05, 0) is 68.2 Å². The molecule has 0 radical (unpaired) electrons. The summed E-state index contributed by atoms with van der Waals surface area (Å²) < 4.78 is 6.31. The van der Waals surface area contributed by atoms with E-state index in [1.54, 1.807) is 6.07 Å². The van der Waals surface area contributed by atoms with Gasteiger partial charge in [0.05, 0.1) is 17.3 Å². The van der Waals surface area contributed by atoms with Gasteiger partial charge in [0.2, 0.25) is 0 Å². The van der Waals surface area contributed by atoms with Gasteiger partial charge in [0, 0.05) is 35.3 Å². The summed E-state index contributed by atoms with van der Waals surface area (Å²) in [7, 11) is 0. The molecule has 2 rings (SSSR count). The lowest BCUT2D eigenvalue weighted by Gasteiger charge is -2.29. The Morgan fingerprint density at radius 2 is 1.88 bits per heavy atom. The maximum atomic E-state index is 9.48. The Hall–Kier alpha value is -3.19. The lowest BCUT2D eigenvalue weighted by atomic mass is 9.76. The fourth-order valence-electron chi connectivity index (χ4n) is 3.57. The average Bonchev–Trinajstić information content (AvgIpc) is 2.77. The summed E-state index contributed by atoms with van der Waals surface area (Å²) in [4.78, 5) is 9.38. The van der Waals surface area contributed by atoms with Gasteiger partial charge in [0.25, 0.3) is 0 Å². The van der Waals surface area contributed by atoms with Crippen molar-refractivity contribution in [3.63, 3.8) is 0 Å². The molecule has 4 nitrogen and oxygen atoms in total. The van der Waals surface area contributed by atoms with Crippen molar-refractivity contribution in [1.29, 1.82) is 5.26 Å². The van der Waals surface area contributed by atoms with Gasteiger partial charge < -0.3 is 4.74 Å². The van der Waals surface area contributed by atoms with Crippen molar-refractivity contribution in [2.75, 3.05) is 0 Å². The fraction of sp³-hybridized carbons (Fsp3) is 0.433. The molecule has 0 spiro atoms. The molecule has 34 heavy (non-hydrogen) atoms. The number of aryl methyl sites for hydroxylation is 2. The van der Waals surface area contributed by atoms with E-state index in [-0.39, 0.29) is 5.41 Å². The zero-order valence-corrected chi connectivity index (χ0v) is 21.9. The van der Waals surface area contributed by atoms with Crippen molar-refractivity contribution >= 4 is 5.71 Å². The van der Waals surface area contributed by atoms with Gasteiger partial charge in [0.1, 0.15) is 11.5 Å². The molecule has 0 N–H and O–H groups in total. The van der Waals surface area contributed by atoms with Gasteiger partial charge in [-0.25, -0.2) is 0 Å². The predicted octanol–water partition coefficient (Wildman–Crippen LogP) is 8.48. The molecule has 1 heterocycles. The number of nitriles is 1. The third kappa shape index (κ3) is 7.70. The SMILES string of the molecule is C=C/C(=C\N=C(/CCCC)c1ccc(C#N)cc1Oc1cc(C)nc(C)c1)CC(C)(C)C(C)C. The highest BCUT2D eigenvalue weighted by atomic mass is 16.5. The van der Waals surface area contributed by atoms with Crippen LogP contribution in [0, 0.1) is 36.5 Å². The molecule has 0 aliphatic rings. The minimum Gasteiger partial charge on any atom is -0.456 e. The number of aromatic nitrogens is 1. The van der Waals surface area contributed by atoms with Gasteiger partial charge in [-0.1, -0.05) is 53.7 Å². The standard InChI is InChI=1S/C30H39N3O/c1-9-11-12-28(32-20-24(10-2)18-30(7,8)21(3)4)27-14-13-25(19-31)17-29(27)34-26-15-22(5)33-23(6)16-26/h10,13-17,20-21H,2,9,11-12,18H2,1,3-8H3/b24-20+,32-28+. The summed E-state index contributed by atoms with van der Waals surface area (Å²) in [5.74, 6) is 1.89. The van der Waals surface area contributed by atoms with Gasteiger partial charge in [-0.2, -0.15) is 5.26 Å². The van der Waals surface area contributed by atoms with Crippen molar-refractivity contribution < 1.29 is 4.74 Å². The second-order valence-electron chi connectivity index (χ2n) is 9.92. The lowest BCUT2D eigenvalue weighted by Crippen LogP contribution is -2.19. The highest BCUT2D eigenvalue weighted by Gasteiger charge is 2.23. The molecule has 0 saturated carbocycles. The number of nitrogens with zero attached hydrogens (tertiary/aromatic N) is 3. The first-order valence-corrected chi connectivity index (χ1v) is 12.2. The zero-order chi connectivity index (χ0) is 25.3. The third-order valence-corrected chi connectivity index (χ3v) is 6.34. The van der Waals surface area contributed by atoms with Gasteiger partial charge in [-0.15, -0.1) is 0 Å². The van der Waals surface area contributed by atoms with Crippen molar-refractivity contribution in [2.45, 2.75) is 74.1 Å². The van der Waals surface area contributed by atoms with Crippen molar-refractivity contribution in [2.24, 2.45) is 16.3 Å². The summed E-state index contributed by atoms with van der Waals surface area (Å²) in [5.41, 5.74) is 5.45. The van der Waals surface area contributed by atoms with Crippen LogP contribution in [0.15, 0.2) is 59.8 Å². The van der Waals surface area contributed by atoms with Crippen molar-refractivity contribution in [3.05, 3.63) is 77.3 Å². The van der Waals surface area contributed by atoms with Gasteiger partial charge in [0.15, 0.2) is 0 Å². The number of pyridine rings is 1. The topological polar surface area (TPSA) is 58.3 Å². The second-order valence-corrected chi connectivity index (χ2v) is 9.92. The molecule has 0 aliphatic carbocycles. The van der Waals surface area contributed by atoms with Crippen LogP contribution in [-0.2, 0) is 0 Å². The van der Waals surface area contributed by atoms with Crippen LogP contribution >= 0.6 is 0 Å². The Morgan fingerprint density at radius 3 is 2.44 bits per heavy atom. The number of hydrogen-bond donors (Lipinski definition) is 0.